The van der Waals surface area contributed by atoms with Gasteiger partial charge in [-0.15, -0.1) is 0 Å². The van der Waals surface area contributed by atoms with Crippen molar-refractivity contribution < 1.29 is 5.21 Å². The van der Waals surface area contributed by atoms with Crippen LogP contribution in [0.25, 0.3) is 0 Å². The third-order valence-corrected chi connectivity index (χ3v) is 3.13. The van der Waals surface area contributed by atoms with Crippen molar-refractivity contribution in [2.75, 3.05) is 19.6 Å². The minimum Gasteiger partial charge on any atom is -0.409 e. The zero-order valence-corrected chi connectivity index (χ0v) is 12.2. The van der Waals surface area contributed by atoms with Gasteiger partial charge in [0.15, 0.2) is 5.84 Å². The molecule has 0 aliphatic rings. The van der Waals surface area contributed by atoms with Crippen molar-refractivity contribution in [1.82, 2.24) is 4.90 Å². The summed E-state index contributed by atoms with van der Waals surface area (Å²) in [6.45, 7) is 7.06. The molecule has 0 heterocycles. The van der Waals surface area contributed by atoms with Gasteiger partial charge < -0.3 is 10.9 Å². The molecule has 0 fully saturated rings. The van der Waals surface area contributed by atoms with Crippen LogP contribution in [0.3, 0.4) is 0 Å². The van der Waals surface area contributed by atoms with Gasteiger partial charge in [0.25, 0.3) is 0 Å². The molecule has 0 atom stereocenters. The van der Waals surface area contributed by atoms with Gasteiger partial charge in [-0.2, -0.15) is 0 Å². The Labute approximate surface area is 112 Å². The van der Waals surface area contributed by atoms with Gasteiger partial charge >= 0.3 is 0 Å². The molecule has 4 nitrogen and oxygen atoms in total. The molecule has 0 amide bonds. The molecular formula is C14H31N3O. The van der Waals surface area contributed by atoms with E-state index in [0.717, 1.165) is 19.5 Å². The predicted molar refractivity (Wildman–Crippen MR) is 78.1 cm³/mol. The third-order valence-electron chi connectivity index (χ3n) is 3.13. The van der Waals surface area contributed by atoms with Crippen LogP contribution in [0.5, 0.6) is 0 Å². The third kappa shape index (κ3) is 10.4. The first-order valence-electron chi connectivity index (χ1n) is 7.43. The summed E-state index contributed by atoms with van der Waals surface area (Å²) in [6.07, 6.45) is 10.4. The Bertz CT molecular complexity index is 207. The monoisotopic (exact) mass is 257 g/mol. The van der Waals surface area contributed by atoms with E-state index in [9.17, 15) is 0 Å². The fourth-order valence-corrected chi connectivity index (χ4v) is 2.14. The van der Waals surface area contributed by atoms with E-state index in [1.54, 1.807) is 0 Å². The summed E-state index contributed by atoms with van der Waals surface area (Å²) in [4.78, 5) is 2.26. The van der Waals surface area contributed by atoms with Crippen molar-refractivity contribution in [3.63, 3.8) is 0 Å². The summed E-state index contributed by atoms with van der Waals surface area (Å²) >= 11 is 0. The number of amidine groups is 1. The number of nitrogens with two attached hydrogens (primary N) is 1. The van der Waals surface area contributed by atoms with Crippen molar-refractivity contribution in [1.29, 1.82) is 0 Å². The highest BCUT2D eigenvalue weighted by Crippen LogP contribution is 2.07. The molecule has 0 bridgehead atoms. The second kappa shape index (κ2) is 12.7. The lowest BCUT2D eigenvalue weighted by Crippen LogP contribution is -2.35. The van der Waals surface area contributed by atoms with E-state index in [1.165, 1.54) is 44.9 Å². The highest BCUT2D eigenvalue weighted by molar-refractivity contribution is 5.81. The van der Waals surface area contributed by atoms with Crippen LogP contribution < -0.4 is 5.73 Å². The van der Waals surface area contributed by atoms with E-state index in [4.69, 9.17) is 10.9 Å². The molecule has 0 saturated carbocycles. The van der Waals surface area contributed by atoms with Gasteiger partial charge in [-0.3, -0.25) is 4.90 Å². The first kappa shape index (κ1) is 17.2. The first-order chi connectivity index (χ1) is 8.74. The molecular weight excluding hydrogens is 226 g/mol. The fraction of sp³-hybridized carbons (Fsp3) is 0.929. The first-order valence-corrected chi connectivity index (χ1v) is 7.43. The molecule has 108 valence electrons. The number of oxime groups is 1. The summed E-state index contributed by atoms with van der Waals surface area (Å²) in [6, 6.07) is 0. The van der Waals surface area contributed by atoms with E-state index >= 15 is 0 Å². The van der Waals surface area contributed by atoms with Gasteiger partial charge in [0.05, 0.1) is 6.54 Å². The van der Waals surface area contributed by atoms with Crippen molar-refractivity contribution >= 4 is 5.84 Å². The highest BCUT2D eigenvalue weighted by atomic mass is 16.4. The topological polar surface area (TPSA) is 61.8 Å². The Hall–Kier alpha value is -0.770. The summed E-state index contributed by atoms with van der Waals surface area (Å²) in [5, 5.41) is 11.6. The Kier molecular flexibility index (Phi) is 12.1. The van der Waals surface area contributed by atoms with Gasteiger partial charge in [-0.25, -0.2) is 0 Å². The Balaban J connectivity index is 3.57. The van der Waals surface area contributed by atoms with Crippen LogP contribution in [0.1, 0.15) is 65.2 Å². The molecule has 0 rings (SSSR count). The van der Waals surface area contributed by atoms with Gasteiger partial charge in [0.2, 0.25) is 0 Å². The Morgan fingerprint density at radius 2 is 1.56 bits per heavy atom. The van der Waals surface area contributed by atoms with E-state index in [-0.39, 0.29) is 0 Å². The van der Waals surface area contributed by atoms with E-state index in [0.29, 0.717) is 12.4 Å². The molecule has 18 heavy (non-hydrogen) atoms. The maximum Gasteiger partial charge on any atom is 0.153 e. The number of hydrogen-bond acceptors (Lipinski definition) is 3. The normalized spacial score (nSPS) is 12.3. The van der Waals surface area contributed by atoms with Crippen molar-refractivity contribution in [2.24, 2.45) is 10.9 Å². The second-order valence-corrected chi connectivity index (χ2v) is 4.99. The average Bonchev–Trinajstić information content (AvgIpc) is 2.37. The molecule has 0 unspecified atom stereocenters. The smallest absolute Gasteiger partial charge is 0.153 e. The summed E-state index contributed by atoms with van der Waals surface area (Å²) in [7, 11) is 0. The highest BCUT2D eigenvalue weighted by Gasteiger charge is 2.05. The molecule has 0 saturated heterocycles. The quantitative estimate of drug-likeness (QED) is 0.185. The number of hydrogen-bond donors (Lipinski definition) is 2. The van der Waals surface area contributed by atoms with Gasteiger partial charge in [-0.1, -0.05) is 57.5 Å². The summed E-state index contributed by atoms with van der Waals surface area (Å²) in [5.41, 5.74) is 5.55. The number of unbranched alkanes of at least 4 members (excludes halogenated alkanes) is 6. The lowest BCUT2D eigenvalue weighted by molar-refractivity contribution is 0.286. The molecule has 0 aromatic carbocycles. The van der Waals surface area contributed by atoms with E-state index in [2.05, 4.69) is 23.9 Å². The van der Waals surface area contributed by atoms with E-state index < -0.39 is 0 Å². The van der Waals surface area contributed by atoms with Crippen molar-refractivity contribution in [3.05, 3.63) is 0 Å². The van der Waals surface area contributed by atoms with Crippen LogP contribution in [0, 0.1) is 0 Å². The minimum absolute atomic E-state index is 0.311. The second-order valence-electron chi connectivity index (χ2n) is 4.99. The van der Waals surface area contributed by atoms with Crippen LogP contribution in [0.4, 0.5) is 0 Å². The lowest BCUT2D eigenvalue weighted by Gasteiger charge is -2.20. The largest absolute Gasteiger partial charge is 0.409 e. The molecule has 4 heteroatoms. The van der Waals surface area contributed by atoms with Crippen LogP contribution >= 0.6 is 0 Å². The van der Waals surface area contributed by atoms with E-state index in [1.807, 2.05) is 0 Å². The van der Waals surface area contributed by atoms with Gasteiger partial charge in [0.1, 0.15) is 0 Å². The zero-order valence-electron chi connectivity index (χ0n) is 12.2. The number of rotatable bonds is 12. The van der Waals surface area contributed by atoms with Crippen molar-refractivity contribution in [3.8, 4) is 0 Å². The van der Waals surface area contributed by atoms with Crippen LogP contribution in [0.2, 0.25) is 0 Å². The molecule has 0 aliphatic heterocycles. The van der Waals surface area contributed by atoms with Gasteiger partial charge in [0, 0.05) is 0 Å². The maximum atomic E-state index is 8.58. The fourth-order valence-electron chi connectivity index (χ4n) is 2.14. The minimum atomic E-state index is 0.311. The SMILES string of the molecule is CCCCCCCCCN(CCC)C/C(N)=N/O. The van der Waals surface area contributed by atoms with Crippen molar-refractivity contribution in [2.45, 2.75) is 65.2 Å². The van der Waals surface area contributed by atoms with Gasteiger partial charge in [-0.05, 0) is 25.9 Å². The zero-order chi connectivity index (χ0) is 13.6. The molecule has 0 aromatic heterocycles. The predicted octanol–water partition coefficient (Wildman–Crippen LogP) is 3.20. The molecule has 0 aliphatic carbocycles. The van der Waals surface area contributed by atoms with Crippen LogP contribution in [0.15, 0.2) is 5.16 Å². The number of nitrogens with zero attached hydrogens (tertiary/aromatic N) is 2. The Morgan fingerprint density at radius 1 is 0.944 bits per heavy atom. The summed E-state index contributed by atoms with van der Waals surface area (Å²) in [5.74, 6) is 0.311. The lowest BCUT2D eigenvalue weighted by atomic mass is 10.1. The molecule has 0 aromatic rings. The van der Waals surface area contributed by atoms with Crippen LogP contribution in [-0.2, 0) is 0 Å². The Morgan fingerprint density at radius 3 is 2.11 bits per heavy atom. The molecule has 0 radical (unpaired) electrons. The average molecular weight is 257 g/mol. The summed E-state index contributed by atoms with van der Waals surface area (Å²) < 4.78 is 0. The maximum absolute atomic E-state index is 8.58. The molecule has 0 spiro atoms. The molecule has 3 N–H and O–H groups in total. The standard InChI is InChI=1S/C14H31N3O/c1-3-5-6-7-8-9-10-12-17(11-4-2)13-14(15)16-18/h18H,3-13H2,1-2H3,(H2,15,16). The van der Waals surface area contributed by atoms with Crippen LogP contribution in [-0.4, -0.2) is 35.6 Å².